The quantitative estimate of drug-likeness (QED) is 0.449. The van der Waals surface area contributed by atoms with Gasteiger partial charge in [0.15, 0.2) is 0 Å². The van der Waals surface area contributed by atoms with E-state index in [9.17, 15) is 9.59 Å². The fraction of sp³-hybridized carbons (Fsp3) is 0.412. The number of hydrogen-bond acceptors (Lipinski definition) is 6. The molecule has 2 saturated heterocycles. The molecule has 6 nitrogen and oxygen atoms in total. The fourth-order valence-electron chi connectivity index (χ4n) is 2.74. The van der Waals surface area contributed by atoms with Gasteiger partial charge in [-0.15, -0.1) is 0 Å². The molecule has 0 saturated carbocycles. The lowest BCUT2D eigenvalue weighted by Crippen LogP contribution is -2.43. The first-order chi connectivity index (χ1) is 10.8. The number of ether oxygens (including phenoxy) is 3. The Morgan fingerprint density at radius 3 is 2.17 bits per heavy atom. The van der Waals surface area contributed by atoms with Crippen LogP contribution in [-0.2, 0) is 23.8 Å². The highest BCUT2D eigenvalue weighted by molar-refractivity contribution is 6.15. The molecule has 1 aromatic rings. The highest BCUT2D eigenvalue weighted by Gasteiger charge is 2.46. The molecule has 2 fully saturated rings. The van der Waals surface area contributed by atoms with E-state index in [1.165, 1.54) is 13.8 Å². The van der Waals surface area contributed by atoms with Crippen molar-refractivity contribution < 1.29 is 23.8 Å². The molecule has 0 spiro atoms. The van der Waals surface area contributed by atoms with Gasteiger partial charge in [-0.25, -0.2) is 9.59 Å². The highest BCUT2D eigenvalue weighted by Crippen LogP contribution is 2.38. The lowest BCUT2D eigenvalue weighted by Gasteiger charge is -2.30. The van der Waals surface area contributed by atoms with Gasteiger partial charge < -0.3 is 19.1 Å². The van der Waals surface area contributed by atoms with E-state index in [4.69, 9.17) is 14.2 Å². The zero-order valence-electron chi connectivity index (χ0n) is 13.5. The van der Waals surface area contributed by atoms with Crippen molar-refractivity contribution in [2.45, 2.75) is 38.7 Å². The summed E-state index contributed by atoms with van der Waals surface area (Å²) in [5, 5.41) is 0. The van der Waals surface area contributed by atoms with Crippen LogP contribution in [0.15, 0.2) is 41.8 Å². The lowest BCUT2D eigenvalue weighted by molar-refractivity contribution is -0.223. The van der Waals surface area contributed by atoms with Gasteiger partial charge in [0, 0.05) is 20.9 Å². The Bertz CT molecular complexity index is 657. The average Bonchev–Trinajstić information content (AvgIpc) is 2.75. The van der Waals surface area contributed by atoms with Crippen LogP contribution in [0.25, 0.3) is 0 Å². The number of esters is 2. The third kappa shape index (κ3) is 2.65. The summed E-state index contributed by atoms with van der Waals surface area (Å²) in [6, 6.07) is 9.61. The molecule has 3 rings (SSSR count). The molecule has 0 N–H and O–H groups in total. The second-order valence-corrected chi connectivity index (χ2v) is 6.16. The van der Waals surface area contributed by atoms with Crippen LogP contribution >= 0.6 is 0 Å². The van der Waals surface area contributed by atoms with Crippen molar-refractivity contribution in [2.24, 2.45) is 0 Å². The molecule has 2 aliphatic rings. The summed E-state index contributed by atoms with van der Waals surface area (Å²) in [5.41, 5.74) is 0.775. The van der Waals surface area contributed by atoms with E-state index >= 15 is 0 Å². The fourth-order valence-corrected chi connectivity index (χ4v) is 2.74. The molecule has 6 heteroatoms. The standard InChI is InChI=1S/C17H19NO5/c1-10-13(11-8-6-5-7-9-11)21-14(18(10)4)12-15(19)22-17(2,3)23-16(12)20/h5-10,13H,1-4H3/t10-,13-/m1/s1. The van der Waals surface area contributed by atoms with Crippen LogP contribution in [0.1, 0.15) is 32.4 Å². The predicted octanol–water partition coefficient (Wildman–Crippen LogP) is 2.13. The van der Waals surface area contributed by atoms with Gasteiger partial charge in [-0.1, -0.05) is 30.3 Å². The Kier molecular flexibility index (Phi) is 3.55. The Hall–Kier alpha value is -2.50. The first kappa shape index (κ1) is 15.4. The van der Waals surface area contributed by atoms with E-state index in [2.05, 4.69) is 0 Å². The third-order valence-electron chi connectivity index (χ3n) is 4.04. The van der Waals surface area contributed by atoms with Crippen molar-refractivity contribution in [1.82, 2.24) is 4.90 Å². The van der Waals surface area contributed by atoms with Gasteiger partial charge >= 0.3 is 11.9 Å². The summed E-state index contributed by atoms with van der Waals surface area (Å²) in [5.74, 6) is -2.53. The number of cyclic esters (lactones) is 2. The van der Waals surface area contributed by atoms with E-state index in [-0.39, 0.29) is 23.6 Å². The number of hydrogen-bond donors (Lipinski definition) is 0. The zero-order chi connectivity index (χ0) is 16.8. The van der Waals surface area contributed by atoms with Crippen molar-refractivity contribution in [3.05, 3.63) is 47.4 Å². The van der Waals surface area contributed by atoms with E-state index < -0.39 is 17.7 Å². The first-order valence-corrected chi connectivity index (χ1v) is 7.45. The normalized spacial score (nSPS) is 26.7. The largest absolute Gasteiger partial charge is 0.468 e. The smallest absolute Gasteiger partial charge is 0.354 e. The molecule has 2 heterocycles. The lowest BCUT2D eigenvalue weighted by atomic mass is 10.0. The Morgan fingerprint density at radius 2 is 1.61 bits per heavy atom. The van der Waals surface area contributed by atoms with Crippen molar-refractivity contribution in [1.29, 1.82) is 0 Å². The minimum Gasteiger partial charge on any atom is -0.468 e. The molecular formula is C17H19NO5. The van der Waals surface area contributed by atoms with Crippen LogP contribution < -0.4 is 0 Å². The molecule has 2 atom stereocenters. The van der Waals surface area contributed by atoms with Crippen LogP contribution in [0.5, 0.6) is 0 Å². The molecular weight excluding hydrogens is 298 g/mol. The minimum absolute atomic E-state index is 0.0459. The number of benzene rings is 1. The molecule has 0 bridgehead atoms. The molecule has 0 aromatic heterocycles. The monoisotopic (exact) mass is 317 g/mol. The number of rotatable bonds is 1. The molecule has 0 unspecified atom stereocenters. The van der Waals surface area contributed by atoms with E-state index in [0.29, 0.717) is 0 Å². The minimum atomic E-state index is -1.26. The van der Waals surface area contributed by atoms with Crippen molar-refractivity contribution in [3.8, 4) is 0 Å². The number of nitrogens with zero attached hydrogens (tertiary/aromatic N) is 1. The second kappa shape index (κ2) is 5.30. The highest BCUT2D eigenvalue weighted by atomic mass is 16.7. The number of carbonyl (C=O) groups excluding carboxylic acids is 2. The molecule has 0 aliphatic carbocycles. The van der Waals surface area contributed by atoms with E-state index in [0.717, 1.165) is 5.56 Å². The molecule has 23 heavy (non-hydrogen) atoms. The maximum absolute atomic E-state index is 12.2. The van der Waals surface area contributed by atoms with E-state index in [1.54, 1.807) is 11.9 Å². The third-order valence-corrected chi connectivity index (χ3v) is 4.04. The SMILES string of the molecule is C[C@@H]1[C@H](c2ccccc2)OC(=C2C(=O)OC(C)(C)OC2=O)N1C. The topological polar surface area (TPSA) is 65.1 Å². The predicted molar refractivity (Wildman–Crippen MR) is 80.8 cm³/mol. The molecule has 1 aromatic carbocycles. The van der Waals surface area contributed by atoms with Crippen LogP contribution in [-0.4, -0.2) is 35.7 Å². The summed E-state index contributed by atoms with van der Waals surface area (Å²) in [6.07, 6.45) is -0.278. The summed E-state index contributed by atoms with van der Waals surface area (Å²) >= 11 is 0. The van der Waals surface area contributed by atoms with Crippen molar-refractivity contribution in [3.63, 3.8) is 0 Å². The van der Waals surface area contributed by atoms with Gasteiger partial charge in [0.2, 0.25) is 11.5 Å². The van der Waals surface area contributed by atoms with Gasteiger partial charge in [-0.2, -0.15) is 0 Å². The summed E-state index contributed by atoms with van der Waals surface area (Å²) in [6.45, 7) is 4.99. The van der Waals surface area contributed by atoms with Crippen molar-refractivity contribution in [2.75, 3.05) is 7.05 Å². The van der Waals surface area contributed by atoms with Gasteiger partial charge in [-0.3, -0.25) is 0 Å². The van der Waals surface area contributed by atoms with Crippen LogP contribution in [0.3, 0.4) is 0 Å². The first-order valence-electron chi connectivity index (χ1n) is 7.45. The molecule has 122 valence electrons. The van der Waals surface area contributed by atoms with E-state index in [1.807, 2.05) is 37.3 Å². The van der Waals surface area contributed by atoms with Gasteiger partial charge in [0.05, 0.1) is 6.04 Å². The van der Waals surface area contributed by atoms with Gasteiger partial charge in [-0.05, 0) is 12.5 Å². The van der Waals surface area contributed by atoms with Gasteiger partial charge in [0.1, 0.15) is 6.10 Å². The van der Waals surface area contributed by atoms with Crippen LogP contribution in [0.4, 0.5) is 0 Å². The number of carbonyl (C=O) groups is 2. The van der Waals surface area contributed by atoms with Crippen LogP contribution in [0.2, 0.25) is 0 Å². The summed E-state index contributed by atoms with van der Waals surface area (Å²) in [4.78, 5) is 26.2. The van der Waals surface area contributed by atoms with Crippen molar-refractivity contribution >= 4 is 11.9 Å². The molecule has 2 aliphatic heterocycles. The summed E-state index contributed by atoms with van der Waals surface area (Å²) < 4.78 is 16.2. The Labute approximate surface area is 134 Å². The Balaban J connectivity index is 1.97. The van der Waals surface area contributed by atoms with Gasteiger partial charge in [0.25, 0.3) is 5.79 Å². The summed E-state index contributed by atoms with van der Waals surface area (Å²) in [7, 11) is 1.77. The zero-order valence-corrected chi connectivity index (χ0v) is 13.5. The van der Waals surface area contributed by atoms with Crippen LogP contribution in [0, 0.1) is 0 Å². The second-order valence-electron chi connectivity index (χ2n) is 6.16. The molecule has 0 amide bonds. The maximum atomic E-state index is 12.2. The average molecular weight is 317 g/mol. The Morgan fingerprint density at radius 1 is 1.04 bits per heavy atom. The maximum Gasteiger partial charge on any atom is 0.354 e. The number of likely N-dealkylation sites (N-methyl/N-ethyl adjacent to an activating group) is 1. The molecule has 0 radical (unpaired) electrons.